The molecule has 1 aromatic heterocycles. The van der Waals surface area contributed by atoms with Gasteiger partial charge in [0.2, 0.25) is 0 Å². The van der Waals surface area contributed by atoms with E-state index in [0.717, 1.165) is 48.9 Å². The van der Waals surface area contributed by atoms with Gasteiger partial charge in [0.25, 0.3) is 0 Å². The van der Waals surface area contributed by atoms with Gasteiger partial charge in [0.1, 0.15) is 0 Å². The van der Waals surface area contributed by atoms with Crippen LogP contribution in [0.15, 0.2) is 89.9 Å². The molecule has 35 heavy (non-hydrogen) atoms. The number of aryl methyl sites for hydroxylation is 3. The fourth-order valence-corrected chi connectivity index (χ4v) is 4.46. The fourth-order valence-electron chi connectivity index (χ4n) is 4.46. The molecule has 0 aliphatic heterocycles. The van der Waals surface area contributed by atoms with Crippen molar-refractivity contribution < 1.29 is 9.90 Å². The van der Waals surface area contributed by atoms with Crippen LogP contribution < -0.4 is 5.69 Å². The number of aromatic nitrogens is 2. The predicted octanol–water partition coefficient (Wildman–Crippen LogP) is 6.04. The third-order valence-electron chi connectivity index (χ3n) is 6.41. The summed E-state index contributed by atoms with van der Waals surface area (Å²) in [6, 6.07) is 25.1. The van der Waals surface area contributed by atoms with Crippen molar-refractivity contribution >= 4 is 5.97 Å². The van der Waals surface area contributed by atoms with E-state index in [0.29, 0.717) is 18.7 Å². The van der Waals surface area contributed by atoms with Gasteiger partial charge in [-0.1, -0.05) is 92.6 Å². The number of rotatable bonds is 11. The largest absolute Gasteiger partial charge is 0.478 e. The minimum absolute atomic E-state index is 0.0210. The van der Waals surface area contributed by atoms with Crippen LogP contribution in [0, 0.1) is 0 Å². The summed E-state index contributed by atoms with van der Waals surface area (Å²) >= 11 is 0. The van der Waals surface area contributed by atoms with E-state index < -0.39 is 5.97 Å². The highest BCUT2D eigenvalue weighted by molar-refractivity contribution is 5.95. The first-order valence-electron chi connectivity index (χ1n) is 12.3. The third kappa shape index (κ3) is 5.99. The van der Waals surface area contributed by atoms with Gasteiger partial charge < -0.3 is 5.11 Å². The summed E-state index contributed by atoms with van der Waals surface area (Å²) in [6.07, 6.45) is 7.06. The van der Waals surface area contributed by atoms with Crippen molar-refractivity contribution in [3.63, 3.8) is 0 Å². The van der Waals surface area contributed by atoms with Gasteiger partial charge >= 0.3 is 11.7 Å². The van der Waals surface area contributed by atoms with E-state index in [4.69, 9.17) is 0 Å². The average molecular weight is 469 g/mol. The Bertz CT molecular complexity index is 1320. The molecule has 0 aliphatic rings. The van der Waals surface area contributed by atoms with Gasteiger partial charge in [-0.25, -0.2) is 9.59 Å². The van der Waals surface area contributed by atoms with Gasteiger partial charge in [-0.3, -0.25) is 9.13 Å². The van der Waals surface area contributed by atoms with Gasteiger partial charge in [-0.15, -0.1) is 0 Å². The number of hydrogen-bond donors (Lipinski definition) is 1. The zero-order chi connectivity index (χ0) is 24.6. The number of unbranched alkanes of at least 4 members (excludes halogenated alkanes) is 2. The summed E-state index contributed by atoms with van der Waals surface area (Å²) in [7, 11) is 0. The smallest absolute Gasteiger partial charge is 0.336 e. The quantitative estimate of drug-likeness (QED) is 0.273. The number of carbonyl (C=O) groups is 1. The molecule has 0 saturated heterocycles. The molecule has 0 fully saturated rings. The summed E-state index contributed by atoms with van der Waals surface area (Å²) in [5.74, 6) is -0.940. The SMILES string of the molecule is CCCCCc1cn(CCc2ccccc2)c(=O)n1Cc1ccc(-c2ccccc2C(=O)O)cc1. The van der Waals surface area contributed by atoms with E-state index in [2.05, 4.69) is 19.1 Å². The number of aromatic carboxylic acids is 1. The summed E-state index contributed by atoms with van der Waals surface area (Å²) in [6.45, 7) is 3.34. The lowest BCUT2D eigenvalue weighted by Crippen LogP contribution is -2.26. The second-order valence-corrected chi connectivity index (χ2v) is 8.92. The average Bonchev–Trinajstić information content (AvgIpc) is 3.18. The Morgan fingerprint density at radius 2 is 1.54 bits per heavy atom. The first kappa shape index (κ1) is 24.3. The summed E-state index contributed by atoms with van der Waals surface area (Å²) < 4.78 is 3.73. The first-order valence-corrected chi connectivity index (χ1v) is 12.3. The Kier molecular flexibility index (Phi) is 7.99. The molecule has 0 saturated carbocycles. The summed E-state index contributed by atoms with van der Waals surface area (Å²) in [5.41, 5.74) is 5.14. The van der Waals surface area contributed by atoms with Crippen molar-refractivity contribution in [2.24, 2.45) is 0 Å². The number of carboxylic acids is 1. The van der Waals surface area contributed by atoms with E-state index in [1.165, 1.54) is 5.56 Å². The number of carboxylic acid groups (broad SMARTS) is 1. The van der Waals surface area contributed by atoms with Gasteiger partial charge in [0.05, 0.1) is 12.1 Å². The van der Waals surface area contributed by atoms with Crippen molar-refractivity contribution in [2.45, 2.75) is 52.1 Å². The maximum Gasteiger partial charge on any atom is 0.336 e. The van der Waals surface area contributed by atoms with Crippen LogP contribution in [0.4, 0.5) is 0 Å². The molecule has 0 amide bonds. The van der Waals surface area contributed by atoms with Crippen molar-refractivity contribution in [1.29, 1.82) is 0 Å². The van der Waals surface area contributed by atoms with Crippen LogP contribution in [0.25, 0.3) is 11.1 Å². The van der Waals surface area contributed by atoms with Crippen LogP contribution in [0.3, 0.4) is 0 Å². The molecule has 0 bridgehead atoms. The minimum atomic E-state index is -0.940. The van der Waals surface area contributed by atoms with Gasteiger partial charge in [0.15, 0.2) is 0 Å². The fraction of sp³-hybridized carbons (Fsp3) is 0.267. The molecule has 5 nitrogen and oxygen atoms in total. The van der Waals surface area contributed by atoms with Crippen molar-refractivity contribution in [3.05, 3.63) is 118 Å². The second-order valence-electron chi connectivity index (χ2n) is 8.92. The monoisotopic (exact) mass is 468 g/mol. The maximum atomic E-state index is 13.3. The molecule has 1 heterocycles. The number of benzene rings is 3. The molecule has 3 aromatic carbocycles. The van der Waals surface area contributed by atoms with Crippen LogP contribution in [0.2, 0.25) is 0 Å². The highest BCUT2D eigenvalue weighted by atomic mass is 16.4. The lowest BCUT2D eigenvalue weighted by molar-refractivity contribution is 0.0697. The molecule has 4 aromatic rings. The van der Waals surface area contributed by atoms with Gasteiger partial charge in [-0.05, 0) is 47.6 Å². The Balaban J connectivity index is 1.57. The van der Waals surface area contributed by atoms with E-state index in [1.54, 1.807) is 12.1 Å². The molecule has 5 heteroatoms. The van der Waals surface area contributed by atoms with E-state index in [9.17, 15) is 14.7 Å². The van der Waals surface area contributed by atoms with Crippen LogP contribution in [-0.2, 0) is 25.9 Å². The summed E-state index contributed by atoms with van der Waals surface area (Å²) in [4.78, 5) is 24.9. The summed E-state index contributed by atoms with van der Waals surface area (Å²) in [5, 5.41) is 9.50. The molecule has 180 valence electrons. The van der Waals surface area contributed by atoms with Gasteiger partial charge in [-0.2, -0.15) is 0 Å². The number of nitrogens with zero attached hydrogens (tertiary/aromatic N) is 2. The Hall–Kier alpha value is -3.86. The third-order valence-corrected chi connectivity index (χ3v) is 6.41. The molecule has 0 unspecified atom stereocenters. The van der Waals surface area contributed by atoms with Crippen molar-refractivity contribution in [1.82, 2.24) is 9.13 Å². The molecule has 1 N–H and O–H groups in total. The van der Waals surface area contributed by atoms with E-state index >= 15 is 0 Å². The van der Waals surface area contributed by atoms with Crippen molar-refractivity contribution in [2.75, 3.05) is 0 Å². The molecule has 0 radical (unpaired) electrons. The van der Waals surface area contributed by atoms with E-state index in [1.807, 2.05) is 69.9 Å². The Labute approximate surface area is 206 Å². The van der Waals surface area contributed by atoms with Crippen LogP contribution in [0.5, 0.6) is 0 Å². The standard InChI is InChI=1S/C30H32N2O3/c1-2-3-5-12-26-22-31(20-19-23-10-6-4-7-11-23)30(35)32(26)21-24-15-17-25(18-16-24)27-13-8-9-14-28(27)29(33)34/h4,6-11,13-18,22H,2-3,5,12,19-21H2,1H3,(H,33,34). The molecular weight excluding hydrogens is 436 g/mol. The Morgan fingerprint density at radius 3 is 2.26 bits per heavy atom. The molecule has 0 aliphatic carbocycles. The van der Waals surface area contributed by atoms with Crippen LogP contribution >= 0.6 is 0 Å². The van der Waals surface area contributed by atoms with Crippen LogP contribution in [0.1, 0.15) is 53.4 Å². The first-order chi connectivity index (χ1) is 17.1. The maximum absolute atomic E-state index is 13.3. The zero-order valence-corrected chi connectivity index (χ0v) is 20.2. The molecule has 0 atom stereocenters. The predicted molar refractivity (Wildman–Crippen MR) is 140 cm³/mol. The lowest BCUT2D eigenvalue weighted by Gasteiger charge is -2.10. The van der Waals surface area contributed by atoms with Crippen LogP contribution in [-0.4, -0.2) is 20.2 Å². The lowest BCUT2D eigenvalue weighted by atomic mass is 9.99. The molecule has 0 spiro atoms. The zero-order valence-electron chi connectivity index (χ0n) is 20.2. The number of imidazole rings is 1. The van der Waals surface area contributed by atoms with Crippen molar-refractivity contribution in [3.8, 4) is 11.1 Å². The Morgan fingerprint density at radius 1 is 0.829 bits per heavy atom. The highest BCUT2D eigenvalue weighted by Crippen LogP contribution is 2.24. The minimum Gasteiger partial charge on any atom is -0.478 e. The normalized spacial score (nSPS) is 11.0. The number of hydrogen-bond acceptors (Lipinski definition) is 2. The molecule has 4 rings (SSSR count). The topological polar surface area (TPSA) is 64.2 Å². The molecular formula is C30H32N2O3. The van der Waals surface area contributed by atoms with Gasteiger partial charge in [0, 0.05) is 18.4 Å². The van der Waals surface area contributed by atoms with E-state index in [-0.39, 0.29) is 11.3 Å². The second kappa shape index (κ2) is 11.5. The highest BCUT2D eigenvalue weighted by Gasteiger charge is 2.14.